The van der Waals surface area contributed by atoms with Gasteiger partial charge in [-0.2, -0.15) is 0 Å². The Balaban J connectivity index is 1.71. The monoisotopic (exact) mass is 283 g/mol. The number of hydrogen-bond donors (Lipinski definition) is 3. The van der Waals surface area contributed by atoms with E-state index in [0.717, 1.165) is 6.42 Å². The van der Waals surface area contributed by atoms with Gasteiger partial charge < -0.3 is 20.6 Å². The van der Waals surface area contributed by atoms with Crippen LogP contribution in [0.25, 0.3) is 0 Å². The third kappa shape index (κ3) is 4.11. The van der Waals surface area contributed by atoms with Crippen molar-refractivity contribution >= 4 is 17.9 Å². The van der Waals surface area contributed by atoms with E-state index in [1.807, 2.05) is 0 Å². The molecule has 0 aromatic rings. The van der Waals surface area contributed by atoms with Crippen LogP contribution < -0.4 is 10.6 Å². The predicted octanol–water partition coefficient (Wildman–Crippen LogP) is 0.161. The second kappa shape index (κ2) is 6.58. The molecule has 2 aliphatic heterocycles. The molecule has 2 fully saturated rings. The summed E-state index contributed by atoms with van der Waals surface area (Å²) < 4.78 is 0. The molecule has 112 valence electrons. The number of carboxylic acids is 1. The highest BCUT2D eigenvalue weighted by Gasteiger charge is 2.28. The van der Waals surface area contributed by atoms with Crippen molar-refractivity contribution in [2.24, 2.45) is 5.92 Å². The summed E-state index contributed by atoms with van der Waals surface area (Å²) >= 11 is 0. The number of nitrogens with one attached hydrogen (secondary N) is 2. The van der Waals surface area contributed by atoms with Crippen molar-refractivity contribution in [1.82, 2.24) is 15.5 Å². The maximum atomic E-state index is 12.1. The van der Waals surface area contributed by atoms with E-state index < -0.39 is 5.97 Å². The van der Waals surface area contributed by atoms with Crippen LogP contribution in [-0.4, -0.2) is 53.6 Å². The summed E-state index contributed by atoms with van der Waals surface area (Å²) in [6, 6.07) is -0.109. The van der Waals surface area contributed by atoms with E-state index in [9.17, 15) is 14.4 Å². The number of carbonyl (C=O) groups excluding carboxylic acids is 2. The number of carbonyl (C=O) groups is 3. The minimum absolute atomic E-state index is 0.00160. The van der Waals surface area contributed by atoms with E-state index in [4.69, 9.17) is 5.11 Å². The fraction of sp³-hybridized carbons (Fsp3) is 0.769. The first-order valence-electron chi connectivity index (χ1n) is 7.08. The molecule has 3 N–H and O–H groups in total. The lowest BCUT2D eigenvalue weighted by Gasteiger charge is -2.26. The fourth-order valence-corrected chi connectivity index (χ4v) is 2.70. The number of urea groups is 1. The van der Waals surface area contributed by atoms with Gasteiger partial charge >= 0.3 is 12.0 Å². The minimum atomic E-state index is -0.786. The molecule has 2 aliphatic rings. The Morgan fingerprint density at radius 2 is 2.20 bits per heavy atom. The van der Waals surface area contributed by atoms with E-state index in [0.29, 0.717) is 38.9 Å². The van der Waals surface area contributed by atoms with E-state index in [2.05, 4.69) is 10.6 Å². The molecule has 0 aliphatic carbocycles. The van der Waals surface area contributed by atoms with Crippen molar-refractivity contribution in [3.63, 3.8) is 0 Å². The molecule has 2 atom stereocenters. The summed E-state index contributed by atoms with van der Waals surface area (Å²) in [6.07, 6.45) is 2.77. The molecule has 3 amide bonds. The Kier molecular flexibility index (Phi) is 4.81. The molecular weight excluding hydrogens is 262 g/mol. The van der Waals surface area contributed by atoms with Gasteiger partial charge in [0.05, 0.1) is 0 Å². The lowest BCUT2D eigenvalue weighted by molar-refractivity contribution is -0.137. The molecule has 0 bridgehead atoms. The van der Waals surface area contributed by atoms with Gasteiger partial charge in [-0.1, -0.05) is 0 Å². The summed E-state index contributed by atoms with van der Waals surface area (Å²) in [7, 11) is 0. The van der Waals surface area contributed by atoms with E-state index in [1.165, 1.54) is 0 Å². The smallest absolute Gasteiger partial charge is 0.317 e. The van der Waals surface area contributed by atoms with Crippen molar-refractivity contribution in [2.75, 3.05) is 19.6 Å². The van der Waals surface area contributed by atoms with Gasteiger partial charge in [-0.05, 0) is 25.2 Å². The first-order valence-corrected chi connectivity index (χ1v) is 7.08. The molecule has 0 aromatic carbocycles. The van der Waals surface area contributed by atoms with Crippen LogP contribution in [0.1, 0.15) is 32.1 Å². The number of hydrogen-bond acceptors (Lipinski definition) is 3. The SMILES string of the molecule is O=C(O)CCC1CCN(C(=O)NC2CCC(=O)NC2)C1. The van der Waals surface area contributed by atoms with Crippen LogP contribution >= 0.6 is 0 Å². The number of aliphatic carboxylic acids is 1. The molecule has 2 saturated heterocycles. The summed E-state index contributed by atoms with van der Waals surface area (Å²) in [6.45, 7) is 1.79. The average Bonchev–Trinajstić information content (AvgIpc) is 2.88. The number of carboxylic acid groups (broad SMARTS) is 1. The summed E-state index contributed by atoms with van der Waals surface area (Å²) in [4.78, 5) is 35.4. The number of rotatable bonds is 4. The van der Waals surface area contributed by atoms with Crippen LogP contribution in [0.15, 0.2) is 0 Å². The standard InChI is InChI=1S/C13H21N3O4/c17-11-3-2-10(7-14-11)15-13(20)16-6-5-9(8-16)1-4-12(18)19/h9-10H,1-8H2,(H,14,17)(H,15,20)(H,18,19). The fourth-order valence-electron chi connectivity index (χ4n) is 2.70. The lowest BCUT2D eigenvalue weighted by Crippen LogP contribution is -2.51. The second-order valence-corrected chi connectivity index (χ2v) is 5.52. The van der Waals surface area contributed by atoms with Crippen LogP contribution in [0.3, 0.4) is 0 Å². The minimum Gasteiger partial charge on any atom is -0.481 e. The predicted molar refractivity (Wildman–Crippen MR) is 71.1 cm³/mol. The highest BCUT2D eigenvalue weighted by atomic mass is 16.4. The van der Waals surface area contributed by atoms with Crippen LogP contribution in [-0.2, 0) is 9.59 Å². The first-order chi connectivity index (χ1) is 9.54. The third-order valence-corrected chi connectivity index (χ3v) is 3.93. The quantitative estimate of drug-likeness (QED) is 0.684. The molecule has 2 unspecified atom stereocenters. The van der Waals surface area contributed by atoms with Crippen LogP contribution in [0, 0.1) is 5.92 Å². The Bertz CT molecular complexity index is 389. The summed E-state index contributed by atoms with van der Waals surface area (Å²) in [5.41, 5.74) is 0. The zero-order valence-corrected chi connectivity index (χ0v) is 11.4. The van der Waals surface area contributed by atoms with E-state index in [1.54, 1.807) is 4.90 Å². The molecule has 0 radical (unpaired) electrons. The van der Waals surface area contributed by atoms with Crippen LogP contribution in [0.2, 0.25) is 0 Å². The van der Waals surface area contributed by atoms with Gasteiger partial charge in [-0.15, -0.1) is 0 Å². The van der Waals surface area contributed by atoms with Crippen molar-refractivity contribution in [1.29, 1.82) is 0 Å². The number of likely N-dealkylation sites (tertiary alicyclic amines) is 1. The highest BCUT2D eigenvalue weighted by Crippen LogP contribution is 2.21. The Labute approximate surface area is 117 Å². The maximum Gasteiger partial charge on any atom is 0.317 e. The van der Waals surface area contributed by atoms with Gasteiger partial charge in [-0.3, -0.25) is 9.59 Å². The molecular formula is C13H21N3O4. The number of piperidine rings is 1. The van der Waals surface area contributed by atoms with Gasteiger partial charge in [0.1, 0.15) is 0 Å². The largest absolute Gasteiger partial charge is 0.481 e. The Morgan fingerprint density at radius 3 is 2.85 bits per heavy atom. The van der Waals surface area contributed by atoms with Gasteiger partial charge in [0.2, 0.25) is 5.91 Å². The molecule has 0 aromatic heterocycles. The van der Waals surface area contributed by atoms with Crippen molar-refractivity contribution < 1.29 is 19.5 Å². The zero-order chi connectivity index (χ0) is 14.5. The number of nitrogens with zero attached hydrogens (tertiary/aromatic N) is 1. The van der Waals surface area contributed by atoms with Gasteiger partial charge in [-0.25, -0.2) is 4.79 Å². The van der Waals surface area contributed by atoms with Crippen molar-refractivity contribution in [3.05, 3.63) is 0 Å². The van der Waals surface area contributed by atoms with Gasteiger partial charge in [0.15, 0.2) is 0 Å². The molecule has 7 nitrogen and oxygen atoms in total. The topological polar surface area (TPSA) is 98.7 Å². The Morgan fingerprint density at radius 1 is 1.40 bits per heavy atom. The van der Waals surface area contributed by atoms with E-state index in [-0.39, 0.29) is 30.3 Å². The third-order valence-electron chi connectivity index (χ3n) is 3.93. The van der Waals surface area contributed by atoms with Gasteiger partial charge in [0.25, 0.3) is 0 Å². The average molecular weight is 283 g/mol. The van der Waals surface area contributed by atoms with Gasteiger partial charge in [0, 0.05) is 38.5 Å². The van der Waals surface area contributed by atoms with E-state index >= 15 is 0 Å². The number of amides is 3. The molecule has 0 spiro atoms. The summed E-state index contributed by atoms with van der Waals surface area (Å²) in [5, 5.41) is 14.3. The molecule has 20 heavy (non-hydrogen) atoms. The van der Waals surface area contributed by atoms with Crippen molar-refractivity contribution in [2.45, 2.75) is 38.1 Å². The van der Waals surface area contributed by atoms with Crippen LogP contribution in [0.5, 0.6) is 0 Å². The van der Waals surface area contributed by atoms with Crippen molar-refractivity contribution in [3.8, 4) is 0 Å². The lowest BCUT2D eigenvalue weighted by atomic mass is 10.0. The maximum absolute atomic E-state index is 12.1. The normalized spacial score (nSPS) is 26.2. The highest BCUT2D eigenvalue weighted by molar-refractivity contribution is 5.78. The molecule has 7 heteroatoms. The molecule has 2 rings (SSSR count). The zero-order valence-electron chi connectivity index (χ0n) is 11.4. The van der Waals surface area contributed by atoms with Crippen LogP contribution in [0.4, 0.5) is 4.79 Å². The first kappa shape index (κ1) is 14.6. The molecule has 2 heterocycles. The molecule has 0 saturated carbocycles. The Hall–Kier alpha value is -1.79. The second-order valence-electron chi connectivity index (χ2n) is 5.52. The summed E-state index contributed by atoms with van der Waals surface area (Å²) in [5.74, 6) is -0.473.